The lowest BCUT2D eigenvalue weighted by Crippen LogP contribution is -2.06. The molecule has 0 aliphatic carbocycles. The van der Waals surface area contributed by atoms with E-state index in [1.165, 1.54) is 18.5 Å². The second-order valence-electron chi connectivity index (χ2n) is 6.22. The minimum absolute atomic E-state index is 0.287. The number of alkyl halides is 3. The number of halogens is 3. The number of hydrogen-bond acceptors (Lipinski definition) is 5. The summed E-state index contributed by atoms with van der Waals surface area (Å²) in [4.78, 5) is 12.5. The van der Waals surface area contributed by atoms with Crippen LogP contribution in [-0.2, 0) is 19.0 Å². The van der Waals surface area contributed by atoms with Gasteiger partial charge in [-0.15, -0.1) is 0 Å². The molecular formula is C19H15F3N6. The fraction of sp³-hybridized carbons (Fsp3) is 0.158. The van der Waals surface area contributed by atoms with Crippen molar-refractivity contribution in [3.63, 3.8) is 0 Å². The monoisotopic (exact) mass is 384 g/mol. The van der Waals surface area contributed by atoms with Gasteiger partial charge in [0.2, 0.25) is 5.95 Å². The van der Waals surface area contributed by atoms with Gasteiger partial charge in [0.25, 0.3) is 0 Å². The highest BCUT2D eigenvalue weighted by Crippen LogP contribution is 2.30. The van der Waals surface area contributed by atoms with Crippen molar-refractivity contribution in [2.24, 2.45) is 0 Å². The van der Waals surface area contributed by atoms with Crippen molar-refractivity contribution in [1.29, 1.82) is 0 Å². The number of aromatic amines is 1. The van der Waals surface area contributed by atoms with Crippen LogP contribution in [0.5, 0.6) is 0 Å². The van der Waals surface area contributed by atoms with E-state index in [-0.39, 0.29) is 5.95 Å². The van der Waals surface area contributed by atoms with Crippen LogP contribution in [0, 0.1) is 0 Å². The Balaban J connectivity index is 1.42. The van der Waals surface area contributed by atoms with Crippen LogP contribution in [0.2, 0.25) is 0 Å². The molecule has 0 saturated carbocycles. The second kappa shape index (κ2) is 7.26. The number of hydrogen-bond donors (Lipinski definition) is 2. The van der Waals surface area contributed by atoms with Gasteiger partial charge in [-0.3, -0.25) is 5.10 Å². The maximum atomic E-state index is 12.6. The van der Waals surface area contributed by atoms with E-state index in [0.717, 1.165) is 35.0 Å². The first-order valence-electron chi connectivity index (χ1n) is 8.51. The van der Waals surface area contributed by atoms with Crippen LogP contribution in [0.4, 0.5) is 24.8 Å². The largest absolute Gasteiger partial charge is 0.416 e. The van der Waals surface area contributed by atoms with Gasteiger partial charge in [0.05, 0.1) is 17.3 Å². The van der Waals surface area contributed by atoms with Crippen molar-refractivity contribution in [2.75, 3.05) is 5.32 Å². The van der Waals surface area contributed by atoms with E-state index in [9.17, 15) is 13.2 Å². The van der Waals surface area contributed by atoms with Gasteiger partial charge in [0, 0.05) is 17.5 Å². The molecule has 0 spiro atoms. The van der Waals surface area contributed by atoms with Crippen LogP contribution in [-0.4, -0.2) is 25.1 Å². The van der Waals surface area contributed by atoms with Gasteiger partial charge in [-0.25, -0.2) is 9.97 Å². The molecule has 28 heavy (non-hydrogen) atoms. The van der Waals surface area contributed by atoms with Crippen molar-refractivity contribution in [3.05, 3.63) is 71.9 Å². The lowest BCUT2D eigenvalue weighted by atomic mass is 10.1. The maximum absolute atomic E-state index is 12.6. The van der Waals surface area contributed by atoms with Crippen LogP contribution >= 0.6 is 0 Å². The highest BCUT2D eigenvalue weighted by Gasteiger charge is 2.29. The summed E-state index contributed by atoms with van der Waals surface area (Å²) in [7, 11) is 0. The number of aromatic nitrogens is 5. The third-order valence-corrected chi connectivity index (χ3v) is 4.23. The Kier molecular flexibility index (Phi) is 4.64. The van der Waals surface area contributed by atoms with Crippen LogP contribution in [0.1, 0.15) is 17.0 Å². The predicted octanol–water partition coefficient (Wildman–Crippen LogP) is 4.30. The molecule has 2 heterocycles. The number of fused-ring (bicyclic) bond motifs is 1. The molecule has 0 aliphatic heterocycles. The Morgan fingerprint density at radius 1 is 0.964 bits per heavy atom. The number of anilines is 2. The third kappa shape index (κ3) is 4.08. The molecule has 0 unspecified atom stereocenters. The van der Waals surface area contributed by atoms with Crippen molar-refractivity contribution < 1.29 is 13.2 Å². The van der Waals surface area contributed by atoms with Gasteiger partial charge < -0.3 is 5.32 Å². The zero-order valence-electron chi connectivity index (χ0n) is 14.5. The Labute approximate surface area is 157 Å². The van der Waals surface area contributed by atoms with Gasteiger partial charge in [0.15, 0.2) is 0 Å². The summed E-state index contributed by atoms with van der Waals surface area (Å²) in [6.07, 6.45) is 0.138. The van der Waals surface area contributed by atoms with Gasteiger partial charge >= 0.3 is 6.18 Å². The summed E-state index contributed by atoms with van der Waals surface area (Å²) in [5.74, 6) is 0.881. The molecule has 6 nitrogen and oxygen atoms in total. The summed E-state index contributed by atoms with van der Waals surface area (Å²) in [6, 6.07) is 10.7. The molecule has 0 amide bonds. The van der Waals surface area contributed by atoms with E-state index < -0.39 is 11.7 Å². The number of H-pyrrole nitrogens is 1. The fourth-order valence-corrected chi connectivity index (χ4v) is 2.79. The standard InChI is InChI=1S/C19H15F3N6/c20-19(21,22)14-3-5-15(6-4-14)26-18-24-11-23-17(27-18)8-2-12-1-7-16-13(9-12)10-25-28-16/h1,3-7,9-11H,2,8H2,(H,25,28)(H,23,24,26,27). The van der Waals surface area contributed by atoms with Gasteiger partial charge in [-0.1, -0.05) is 6.07 Å². The quantitative estimate of drug-likeness (QED) is 0.536. The topological polar surface area (TPSA) is 79.4 Å². The molecule has 2 aromatic carbocycles. The van der Waals surface area contributed by atoms with Crippen molar-refractivity contribution in [1.82, 2.24) is 25.1 Å². The molecule has 9 heteroatoms. The highest BCUT2D eigenvalue weighted by molar-refractivity contribution is 5.78. The minimum atomic E-state index is -4.36. The fourth-order valence-electron chi connectivity index (χ4n) is 2.79. The number of aryl methyl sites for hydroxylation is 2. The van der Waals surface area contributed by atoms with E-state index in [2.05, 4.69) is 36.5 Å². The SMILES string of the molecule is FC(F)(F)c1ccc(Nc2ncnc(CCc3ccc4[nH]ncc4c3)n2)cc1. The van der Waals surface area contributed by atoms with Crippen LogP contribution < -0.4 is 5.32 Å². The maximum Gasteiger partial charge on any atom is 0.416 e. The number of rotatable bonds is 5. The molecule has 0 radical (unpaired) electrons. The first-order chi connectivity index (χ1) is 13.5. The average molecular weight is 384 g/mol. The first kappa shape index (κ1) is 17.9. The molecule has 4 rings (SSSR count). The Bertz CT molecular complexity index is 1090. The van der Waals surface area contributed by atoms with E-state index in [0.29, 0.717) is 17.9 Å². The van der Waals surface area contributed by atoms with Crippen molar-refractivity contribution in [2.45, 2.75) is 19.0 Å². The van der Waals surface area contributed by atoms with E-state index in [4.69, 9.17) is 0 Å². The molecule has 0 saturated heterocycles. The zero-order valence-corrected chi connectivity index (χ0v) is 14.5. The van der Waals surface area contributed by atoms with Crippen molar-refractivity contribution >= 4 is 22.5 Å². The number of benzene rings is 2. The highest BCUT2D eigenvalue weighted by atomic mass is 19.4. The smallest absolute Gasteiger partial charge is 0.324 e. The predicted molar refractivity (Wildman–Crippen MR) is 98.1 cm³/mol. The molecule has 2 N–H and O–H groups in total. The molecule has 2 aromatic heterocycles. The van der Waals surface area contributed by atoms with Crippen LogP contribution in [0.25, 0.3) is 10.9 Å². The molecule has 0 aliphatic rings. The lowest BCUT2D eigenvalue weighted by molar-refractivity contribution is -0.137. The first-order valence-corrected chi connectivity index (χ1v) is 8.51. The molecule has 0 bridgehead atoms. The third-order valence-electron chi connectivity index (χ3n) is 4.23. The normalized spacial score (nSPS) is 11.7. The van der Waals surface area contributed by atoms with Gasteiger partial charge in [-0.2, -0.15) is 23.3 Å². The summed E-state index contributed by atoms with van der Waals surface area (Å²) in [6.45, 7) is 0. The molecule has 0 fully saturated rings. The number of nitrogens with zero attached hydrogens (tertiary/aromatic N) is 4. The van der Waals surface area contributed by atoms with E-state index in [1.807, 2.05) is 12.1 Å². The average Bonchev–Trinajstić information content (AvgIpc) is 3.14. The van der Waals surface area contributed by atoms with Crippen LogP contribution in [0.15, 0.2) is 55.0 Å². The van der Waals surface area contributed by atoms with Crippen molar-refractivity contribution in [3.8, 4) is 0 Å². The zero-order chi connectivity index (χ0) is 19.6. The van der Waals surface area contributed by atoms with Gasteiger partial charge in [-0.05, 0) is 48.4 Å². The Morgan fingerprint density at radius 3 is 2.57 bits per heavy atom. The summed E-state index contributed by atoms with van der Waals surface area (Å²) in [5, 5.41) is 10.9. The molecular weight excluding hydrogens is 369 g/mol. The summed E-state index contributed by atoms with van der Waals surface area (Å²) < 4.78 is 37.9. The Hall–Kier alpha value is -3.49. The Morgan fingerprint density at radius 2 is 1.79 bits per heavy atom. The summed E-state index contributed by atoms with van der Waals surface area (Å²) in [5.41, 5.74) is 1.87. The van der Waals surface area contributed by atoms with Crippen LogP contribution in [0.3, 0.4) is 0 Å². The lowest BCUT2D eigenvalue weighted by Gasteiger charge is -2.09. The molecule has 4 aromatic rings. The van der Waals surface area contributed by atoms with E-state index >= 15 is 0 Å². The minimum Gasteiger partial charge on any atom is -0.324 e. The molecule has 142 valence electrons. The van der Waals surface area contributed by atoms with Gasteiger partial charge in [0.1, 0.15) is 12.2 Å². The molecule has 0 atom stereocenters. The second-order valence-corrected chi connectivity index (χ2v) is 6.22. The van der Waals surface area contributed by atoms with E-state index in [1.54, 1.807) is 6.20 Å². The summed E-state index contributed by atoms with van der Waals surface area (Å²) >= 11 is 0. The number of nitrogens with one attached hydrogen (secondary N) is 2.